The number of amides is 1. The summed E-state index contributed by atoms with van der Waals surface area (Å²) in [6.07, 6.45) is 6.36. The Hall–Kier alpha value is -2.40. The molecule has 0 bridgehead atoms. The molecule has 0 saturated carbocycles. The molecule has 0 atom stereocenters. The highest BCUT2D eigenvalue weighted by Gasteiger charge is 2.06. The third-order valence-corrected chi connectivity index (χ3v) is 3.88. The fraction of sp³-hybridized carbons (Fsp3) is 0.400. The van der Waals surface area contributed by atoms with Crippen molar-refractivity contribution in [1.82, 2.24) is 15.2 Å². The summed E-state index contributed by atoms with van der Waals surface area (Å²) in [5, 5.41) is 6.28. The van der Waals surface area contributed by atoms with Gasteiger partial charge in [-0.15, -0.1) is 0 Å². The van der Waals surface area contributed by atoms with Gasteiger partial charge in [0.1, 0.15) is 0 Å². The fourth-order valence-corrected chi connectivity index (χ4v) is 2.53. The summed E-state index contributed by atoms with van der Waals surface area (Å²) in [5.74, 6) is -0.0702. The van der Waals surface area contributed by atoms with Crippen LogP contribution in [0.2, 0.25) is 0 Å². The van der Waals surface area contributed by atoms with E-state index in [9.17, 15) is 4.79 Å². The van der Waals surface area contributed by atoms with Gasteiger partial charge in [-0.25, -0.2) is 0 Å². The zero-order valence-electron chi connectivity index (χ0n) is 15.2. The number of anilines is 1. The van der Waals surface area contributed by atoms with E-state index in [1.54, 1.807) is 12.4 Å². The Morgan fingerprint density at radius 3 is 2.64 bits per heavy atom. The van der Waals surface area contributed by atoms with E-state index in [0.717, 1.165) is 38.0 Å². The van der Waals surface area contributed by atoms with Crippen LogP contribution in [-0.2, 0) is 6.42 Å². The smallest absolute Gasteiger partial charge is 0.252 e. The highest BCUT2D eigenvalue weighted by molar-refractivity contribution is 5.94. The van der Waals surface area contributed by atoms with Crippen molar-refractivity contribution in [2.75, 3.05) is 39.0 Å². The van der Waals surface area contributed by atoms with Gasteiger partial charge in [-0.1, -0.05) is 30.3 Å². The Morgan fingerprint density at radius 2 is 1.88 bits per heavy atom. The first-order valence-corrected chi connectivity index (χ1v) is 8.81. The summed E-state index contributed by atoms with van der Waals surface area (Å²) in [6, 6.07) is 12.3. The van der Waals surface area contributed by atoms with Crippen LogP contribution in [0.4, 0.5) is 5.69 Å². The van der Waals surface area contributed by atoms with Crippen molar-refractivity contribution in [3.05, 3.63) is 59.9 Å². The zero-order chi connectivity index (χ0) is 17.9. The average Bonchev–Trinajstić information content (AvgIpc) is 2.63. The molecule has 0 aliphatic carbocycles. The number of hydrogen-bond acceptors (Lipinski definition) is 4. The number of pyridine rings is 1. The quantitative estimate of drug-likeness (QED) is 0.653. The van der Waals surface area contributed by atoms with E-state index >= 15 is 0 Å². The lowest BCUT2D eigenvalue weighted by Gasteiger charge is -2.11. The van der Waals surface area contributed by atoms with E-state index in [-0.39, 0.29) is 5.91 Å². The van der Waals surface area contributed by atoms with Gasteiger partial charge in [0.2, 0.25) is 0 Å². The average molecular weight is 340 g/mol. The molecule has 25 heavy (non-hydrogen) atoms. The van der Waals surface area contributed by atoms with Gasteiger partial charge in [-0.3, -0.25) is 9.78 Å². The first kappa shape index (κ1) is 18.9. The highest BCUT2D eigenvalue weighted by Crippen LogP contribution is 2.09. The summed E-state index contributed by atoms with van der Waals surface area (Å²) in [6.45, 7) is 2.48. The molecule has 0 aliphatic rings. The molecular formula is C20H28N4O. The first-order valence-electron chi connectivity index (χ1n) is 8.81. The minimum atomic E-state index is -0.0702. The van der Waals surface area contributed by atoms with Gasteiger partial charge in [0.05, 0.1) is 11.3 Å². The third-order valence-electron chi connectivity index (χ3n) is 3.88. The lowest BCUT2D eigenvalue weighted by atomic mass is 10.1. The number of nitrogens with zero attached hydrogens (tertiary/aromatic N) is 2. The second kappa shape index (κ2) is 10.5. The molecule has 134 valence electrons. The molecule has 0 saturated heterocycles. The summed E-state index contributed by atoms with van der Waals surface area (Å²) < 4.78 is 0. The molecule has 0 unspecified atom stereocenters. The number of benzene rings is 1. The van der Waals surface area contributed by atoms with Crippen LogP contribution in [0.3, 0.4) is 0 Å². The van der Waals surface area contributed by atoms with Crippen LogP contribution >= 0.6 is 0 Å². The molecule has 2 rings (SSSR count). The SMILES string of the molecule is CN(C)CCCNC(=O)c1cncc(NCCCc2ccccc2)c1. The Balaban J connectivity index is 1.73. The van der Waals surface area contributed by atoms with Gasteiger partial charge in [-0.05, 0) is 51.5 Å². The molecule has 0 fully saturated rings. The minimum Gasteiger partial charge on any atom is -0.384 e. The molecule has 0 aliphatic heterocycles. The van der Waals surface area contributed by atoms with Crippen LogP contribution in [0.25, 0.3) is 0 Å². The van der Waals surface area contributed by atoms with E-state index in [0.29, 0.717) is 12.1 Å². The van der Waals surface area contributed by atoms with Crippen molar-refractivity contribution in [3.8, 4) is 0 Å². The zero-order valence-corrected chi connectivity index (χ0v) is 15.2. The lowest BCUT2D eigenvalue weighted by Crippen LogP contribution is -2.27. The molecule has 1 heterocycles. The molecule has 1 aromatic heterocycles. The van der Waals surface area contributed by atoms with Crippen molar-refractivity contribution >= 4 is 11.6 Å². The molecule has 5 nitrogen and oxygen atoms in total. The summed E-state index contributed by atoms with van der Waals surface area (Å²) >= 11 is 0. The lowest BCUT2D eigenvalue weighted by molar-refractivity contribution is 0.0952. The van der Waals surface area contributed by atoms with E-state index in [4.69, 9.17) is 0 Å². The number of carbonyl (C=O) groups is 1. The van der Waals surface area contributed by atoms with Gasteiger partial charge in [0.15, 0.2) is 0 Å². The number of nitrogens with one attached hydrogen (secondary N) is 2. The summed E-state index contributed by atoms with van der Waals surface area (Å²) in [5.41, 5.74) is 2.82. The molecule has 0 spiro atoms. The van der Waals surface area contributed by atoms with Crippen LogP contribution in [0.5, 0.6) is 0 Å². The van der Waals surface area contributed by atoms with Gasteiger partial charge in [-0.2, -0.15) is 0 Å². The van der Waals surface area contributed by atoms with Crippen LogP contribution in [0.1, 0.15) is 28.8 Å². The number of aryl methyl sites for hydroxylation is 1. The van der Waals surface area contributed by atoms with Crippen LogP contribution in [0, 0.1) is 0 Å². The Bertz CT molecular complexity index is 643. The summed E-state index contributed by atoms with van der Waals surface area (Å²) in [4.78, 5) is 18.4. The normalized spacial score (nSPS) is 10.7. The first-order chi connectivity index (χ1) is 12.1. The summed E-state index contributed by atoms with van der Waals surface area (Å²) in [7, 11) is 4.05. The van der Waals surface area contributed by atoms with Crippen LogP contribution in [0.15, 0.2) is 48.8 Å². The highest BCUT2D eigenvalue weighted by atomic mass is 16.1. The van der Waals surface area contributed by atoms with Crippen molar-refractivity contribution in [1.29, 1.82) is 0 Å². The third kappa shape index (κ3) is 7.35. The Morgan fingerprint density at radius 1 is 1.08 bits per heavy atom. The standard InChI is InChI=1S/C20H28N4O/c1-24(2)13-7-12-23-20(25)18-14-19(16-21-15-18)22-11-6-10-17-8-4-3-5-9-17/h3-5,8-9,14-16,22H,6-7,10-13H2,1-2H3,(H,23,25). The minimum absolute atomic E-state index is 0.0702. The van der Waals surface area contributed by atoms with Gasteiger partial charge < -0.3 is 15.5 Å². The Labute approximate surface area is 150 Å². The maximum absolute atomic E-state index is 12.2. The van der Waals surface area contributed by atoms with Crippen molar-refractivity contribution in [3.63, 3.8) is 0 Å². The maximum atomic E-state index is 12.2. The van der Waals surface area contributed by atoms with Crippen molar-refractivity contribution in [2.24, 2.45) is 0 Å². The van der Waals surface area contributed by atoms with Gasteiger partial charge in [0, 0.05) is 25.5 Å². The van der Waals surface area contributed by atoms with Crippen molar-refractivity contribution in [2.45, 2.75) is 19.3 Å². The van der Waals surface area contributed by atoms with E-state index < -0.39 is 0 Å². The van der Waals surface area contributed by atoms with Crippen LogP contribution < -0.4 is 10.6 Å². The van der Waals surface area contributed by atoms with E-state index in [1.807, 2.05) is 26.2 Å². The topological polar surface area (TPSA) is 57.3 Å². The van der Waals surface area contributed by atoms with Crippen LogP contribution in [-0.4, -0.2) is 49.5 Å². The number of hydrogen-bond donors (Lipinski definition) is 2. The fourth-order valence-electron chi connectivity index (χ4n) is 2.53. The van der Waals surface area contributed by atoms with Gasteiger partial charge in [0.25, 0.3) is 5.91 Å². The molecule has 2 N–H and O–H groups in total. The molecular weight excluding hydrogens is 312 g/mol. The second-order valence-electron chi connectivity index (χ2n) is 6.39. The van der Waals surface area contributed by atoms with E-state index in [2.05, 4.69) is 44.8 Å². The molecule has 1 aromatic carbocycles. The monoisotopic (exact) mass is 340 g/mol. The number of rotatable bonds is 10. The van der Waals surface area contributed by atoms with Gasteiger partial charge >= 0.3 is 0 Å². The molecule has 0 radical (unpaired) electrons. The largest absolute Gasteiger partial charge is 0.384 e. The molecule has 1 amide bonds. The maximum Gasteiger partial charge on any atom is 0.252 e. The predicted octanol–water partition coefficient (Wildman–Crippen LogP) is 2.81. The number of aromatic nitrogens is 1. The predicted molar refractivity (Wildman–Crippen MR) is 103 cm³/mol. The van der Waals surface area contributed by atoms with E-state index in [1.165, 1.54) is 5.56 Å². The number of carbonyl (C=O) groups excluding carboxylic acids is 1. The molecule has 5 heteroatoms. The molecule has 2 aromatic rings. The second-order valence-corrected chi connectivity index (χ2v) is 6.39. The Kier molecular flexibility index (Phi) is 7.92. The van der Waals surface area contributed by atoms with Crippen molar-refractivity contribution < 1.29 is 4.79 Å².